The van der Waals surface area contributed by atoms with Crippen LogP contribution in [0.3, 0.4) is 0 Å². The topological polar surface area (TPSA) is 35.0 Å². The molecule has 0 saturated heterocycles. The molecule has 3 nitrogen and oxygen atoms in total. The summed E-state index contributed by atoms with van der Waals surface area (Å²) < 4.78 is 40.1. The zero-order valence-corrected chi connectivity index (χ0v) is 7.48. The minimum atomic E-state index is -2.93. The van der Waals surface area contributed by atoms with Crippen molar-refractivity contribution in [3.8, 4) is 6.01 Å². The van der Waals surface area contributed by atoms with Gasteiger partial charge >= 0.3 is 6.01 Å². The summed E-state index contributed by atoms with van der Waals surface area (Å²) in [5.74, 6) is 0. The number of nitrogens with zero attached hydrogens (tertiary/aromatic N) is 2. The van der Waals surface area contributed by atoms with Crippen LogP contribution in [0, 0.1) is 0 Å². The number of halogens is 2. The summed E-state index contributed by atoms with van der Waals surface area (Å²) in [4.78, 5) is 7.15. The molecule has 0 radical (unpaired) electrons. The lowest BCUT2D eigenvalue weighted by molar-refractivity contribution is 0.312. The fourth-order valence-corrected chi connectivity index (χ4v) is 0.738. The zero-order valence-electron chi connectivity index (χ0n) is 10.1. The van der Waals surface area contributed by atoms with Gasteiger partial charge in [0.15, 0.2) is 5.15 Å². The minimum absolute atomic E-state index is 0.00587. The number of rotatable bonds is 2. The van der Waals surface area contributed by atoms with Gasteiger partial charge in [-0.15, -0.1) is 0 Å². The van der Waals surface area contributed by atoms with Gasteiger partial charge in [-0.3, -0.25) is 0 Å². The Morgan fingerprint density at radius 1 is 2.00 bits per heavy atom. The highest BCUT2D eigenvalue weighted by Crippen LogP contribution is 2.20. The summed E-state index contributed by atoms with van der Waals surface area (Å²) in [6.45, 7) is -5.81. The Morgan fingerprint density at radius 2 is 2.82 bits per heavy atom. The third-order valence-electron chi connectivity index (χ3n) is 0.822. The maximum atomic E-state index is 7.19. The van der Waals surface area contributed by atoms with Gasteiger partial charge in [0.1, 0.15) is 0 Å². The van der Waals surface area contributed by atoms with Crippen LogP contribution in [0.2, 0.25) is 5.15 Å². The molecule has 1 heterocycles. The van der Waals surface area contributed by atoms with Crippen LogP contribution in [0.25, 0.3) is 0 Å². The minimum Gasteiger partial charge on any atom is -0.464 e. The van der Waals surface area contributed by atoms with Crippen molar-refractivity contribution in [2.75, 3.05) is 6.56 Å². The van der Waals surface area contributed by atoms with E-state index in [4.69, 9.17) is 18.5 Å². The van der Waals surface area contributed by atoms with Gasteiger partial charge in [0.05, 0.1) is 13.8 Å². The van der Waals surface area contributed by atoms with Crippen LogP contribution in [-0.2, 0) is 0 Å². The summed E-state index contributed by atoms with van der Waals surface area (Å²) in [6.07, 6.45) is 1.24. The molecule has 0 bridgehead atoms. The van der Waals surface area contributed by atoms with Crippen molar-refractivity contribution in [3.05, 3.63) is 15.8 Å². The van der Waals surface area contributed by atoms with Crippen LogP contribution in [0.4, 0.5) is 0 Å². The third kappa shape index (κ3) is 2.31. The predicted molar refractivity (Wildman–Crippen MR) is 45.9 cm³/mol. The van der Waals surface area contributed by atoms with Crippen molar-refractivity contribution in [1.82, 2.24) is 9.97 Å². The van der Waals surface area contributed by atoms with Crippen molar-refractivity contribution >= 4 is 27.5 Å². The Morgan fingerprint density at radius 3 is 3.45 bits per heavy atom. The van der Waals surface area contributed by atoms with E-state index in [0.717, 1.165) is 0 Å². The number of ether oxygens (including phenoxy) is 1. The van der Waals surface area contributed by atoms with Crippen LogP contribution < -0.4 is 4.74 Å². The molecular formula is C6H6BrClN2O. The summed E-state index contributed by atoms with van der Waals surface area (Å²) in [5, 5.41) is 0.00587. The molecule has 0 N–H and O–H groups in total. The Labute approximate surface area is 84.9 Å². The van der Waals surface area contributed by atoms with Crippen molar-refractivity contribution in [3.63, 3.8) is 0 Å². The predicted octanol–water partition coefficient (Wildman–Crippen LogP) is 2.29. The van der Waals surface area contributed by atoms with E-state index >= 15 is 0 Å². The second-order valence-corrected chi connectivity index (χ2v) is 2.71. The molecule has 11 heavy (non-hydrogen) atoms. The summed E-state index contributed by atoms with van der Waals surface area (Å²) >= 11 is 8.65. The first kappa shape index (κ1) is 4.05. The molecule has 60 valence electrons. The van der Waals surface area contributed by atoms with Crippen molar-refractivity contribution in [1.29, 1.82) is 0 Å². The fraction of sp³-hybridized carbons (Fsp3) is 0.333. The lowest BCUT2D eigenvalue weighted by atomic mass is 10.7. The largest absolute Gasteiger partial charge is 0.464 e. The maximum Gasteiger partial charge on any atom is 0.317 e. The van der Waals surface area contributed by atoms with Gasteiger partial charge in [-0.05, 0) is 22.8 Å². The average Bonchev–Trinajstić information content (AvgIpc) is 2.09. The van der Waals surface area contributed by atoms with E-state index in [1.54, 1.807) is 0 Å². The highest BCUT2D eigenvalue weighted by atomic mass is 79.9. The molecule has 0 aromatic carbocycles. The molecule has 0 unspecified atom stereocenters. The van der Waals surface area contributed by atoms with Gasteiger partial charge in [0.2, 0.25) is 0 Å². The number of hydrogen-bond donors (Lipinski definition) is 0. The molecule has 0 aliphatic heterocycles. The molecular weight excluding hydrogens is 231 g/mol. The van der Waals surface area contributed by atoms with E-state index in [1.165, 1.54) is 6.20 Å². The Balaban J connectivity index is 2.93. The molecule has 0 aliphatic rings. The molecule has 0 saturated carbocycles. The van der Waals surface area contributed by atoms with Crippen LogP contribution in [-0.4, -0.2) is 16.5 Å². The second kappa shape index (κ2) is 3.88. The first-order chi connectivity index (χ1) is 7.13. The standard InChI is InChI=1S/C6H6BrClN2O/c1-2-11-6-9-3-4(7)5(8)10-6/h3H,2H2,1H3/i1D3,2D2. The lowest BCUT2D eigenvalue weighted by Crippen LogP contribution is -1.97. The average molecular weight is 243 g/mol. The summed E-state index contributed by atoms with van der Waals surface area (Å²) in [5.41, 5.74) is 0. The van der Waals surface area contributed by atoms with Gasteiger partial charge < -0.3 is 4.74 Å². The first-order valence-electron chi connectivity index (χ1n) is 5.00. The molecule has 5 heteroatoms. The Hall–Kier alpha value is -0.350. The molecule has 0 amide bonds. The quantitative estimate of drug-likeness (QED) is 0.747. The lowest BCUT2D eigenvalue weighted by Gasteiger charge is -2.00. The van der Waals surface area contributed by atoms with Crippen LogP contribution in [0.15, 0.2) is 10.7 Å². The van der Waals surface area contributed by atoms with Crippen LogP contribution in [0.1, 0.15) is 13.7 Å². The zero-order chi connectivity index (χ0) is 12.6. The van der Waals surface area contributed by atoms with Gasteiger partial charge in [-0.2, -0.15) is 4.98 Å². The summed E-state index contributed by atoms with van der Waals surface area (Å²) in [6, 6.07) is -0.436. The van der Waals surface area contributed by atoms with E-state index in [-0.39, 0.29) is 5.15 Å². The molecule has 0 fully saturated rings. The van der Waals surface area contributed by atoms with Crippen molar-refractivity contribution in [2.45, 2.75) is 6.85 Å². The monoisotopic (exact) mass is 241 g/mol. The van der Waals surface area contributed by atoms with Gasteiger partial charge in [0.25, 0.3) is 0 Å². The molecule has 0 aliphatic carbocycles. The van der Waals surface area contributed by atoms with Gasteiger partial charge in [-0.1, -0.05) is 11.6 Å². The van der Waals surface area contributed by atoms with Crippen LogP contribution in [0.5, 0.6) is 6.01 Å². The Kier molecular flexibility index (Phi) is 1.43. The Bertz CT molecular complexity index is 399. The van der Waals surface area contributed by atoms with E-state index in [9.17, 15) is 0 Å². The van der Waals surface area contributed by atoms with Crippen molar-refractivity contribution in [2.24, 2.45) is 0 Å². The second-order valence-electron chi connectivity index (χ2n) is 1.50. The smallest absolute Gasteiger partial charge is 0.317 e. The highest BCUT2D eigenvalue weighted by molar-refractivity contribution is 9.10. The molecule has 0 atom stereocenters. The molecule has 0 spiro atoms. The number of aromatic nitrogens is 2. The van der Waals surface area contributed by atoms with Gasteiger partial charge in [0, 0.05) is 10.3 Å². The van der Waals surface area contributed by atoms with Crippen LogP contribution >= 0.6 is 27.5 Å². The third-order valence-corrected chi connectivity index (χ3v) is 1.92. The molecule has 1 rings (SSSR count). The maximum absolute atomic E-state index is 7.19. The number of hydrogen-bond acceptors (Lipinski definition) is 3. The van der Waals surface area contributed by atoms with Gasteiger partial charge in [-0.25, -0.2) is 4.98 Å². The van der Waals surface area contributed by atoms with E-state index in [2.05, 4.69) is 30.6 Å². The fourth-order valence-electron chi connectivity index (χ4n) is 0.426. The molecule has 1 aromatic rings. The first-order valence-corrected chi connectivity index (χ1v) is 3.67. The SMILES string of the molecule is [2H]C([2H])([2H])C([2H])([2H])Oc1ncc(Br)c(Cl)n1. The summed E-state index contributed by atoms with van der Waals surface area (Å²) in [7, 11) is 0. The van der Waals surface area contributed by atoms with Crippen molar-refractivity contribution < 1.29 is 11.6 Å². The van der Waals surface area contributed by atoms with E-state index in [1.807, 2.05) is 0 Å². The normalized spacial score (nSPS) is 18.9. The van der Waals surface area contributed by atoms with E-state index < -0.39 is 19.4 Å². The molecule has 1 aromatic heterocycles. The highest BCUT2D eigenvalue weighted by Gasteiger charge is 2.01. The van der Waals surface area contributed by atoms with E-state index in [0.29, 0.717) is 4.47 Å².